The predicted octanol–water partition coefficient (Wildman–Crippen LogP) is 2.23. The van der Waals surface area contributed by atoms with Crippen LogP contribution >= 0.6 is 0 Å². The topological polar surface area (TPSA) is 48.8 Å². The normalized spacial score (nSPS) is 7.11. The highest BCUT2D eigenvalue weighted by atomic mass is 15.1. The first-order valence-electron chi connectivity index (χ1n) is 2.37. The van der Waals surface area contributed by atoms with Gasteiger partial charge in [-0.25, -0.2) is 0 Å². The Hall–Kier alpha value is -1.65. The minimum Gasteiger partial charge on any atom is -0.0698 e. The van der Waals surface area contributed by atoms with Gasteiger partial charge < -0.3 is 0 Å². The van der Waals surface area contributed by atoms with Crippen molar-refractivity contribution < 1.29 is 0 Å². The molecule has 0 heterocycles. The van der Waals surface area contributed by atoms with Crippen LogP contribution in [0.2, 0.25) is 0 Å². The molecule has 0 aliphatic heterocycles. The molecule has 0 aliphatic carbocycles. The fourth-order valence-corrected chi connectivity index (χ4v) is 0.451. The third-order valence-electron chi connectivity index (χ3n) is 0.786. The van der Waals surface area contributed by atoms with Crippen LogP contribution in [0.3, 0.4) is 0 Å². The van der Waals surface area contributed by atoms with Crippen LogP contribution in [0.4, 0.5) is 5.69 Å². The second-order valence-electron chi connectivity index (χ2n) is 1.37. The molecule has 0 saturated heterocycles. The van der Waals surface area contributed by atoms with E-state index < -0.39 is 0 Å². The molecule has 0 fully saturated rings. The number of hydrogen-bond acceptors (Lipinski definition) is 1. The lowest BCUT2D eigenvalue weighted by atomic mass is 10.4. The van der Waals surface area contributed by atoms with Crippen LogP contribution in [0.5, 0.6) is 0 Å². The summed E-state index contributed by atoms with van der Waals surface area (Å²) >= 11 is 0. The van der Waals surface area contributed by atoms with Gasteiger partial charge in [0, 0.05) is 4.91 Å². The molecular weight excluding hydrogens is 114 g/mol. The first kappa shape index (κ1) is 5.49. The first-order chi connectivity index (χ1) is 4.43. The van der Waals surface area contributed by atoms with Gasteiger partial charge in [-0.3, -0.25) is 0 Å². The summed E-state index contributed by atoms with van der Waals surface area (Å²) in [5, 5.41) is 3.30. The lowest BCUT2D eigenvalue weighted by Gasteiger charge is -1.76. The summed E-state index contributed by atoms with van der Waals surface area (Å²) in [5.74, 6) is 0. The van der Waals surface area contributed by atoms with Crippen molar-refractivity contribution in [2.75, 3.05) is 0 Å². The van der Waals surface area contributed by atoms with E-state index in [9.17, 15) is 0 Å². The Morgan fingerprint density at radius 3 is 3.11 bits per heavy atom. The van der Waals surface area contributed by atoms with Gasteiger partial charge in [0.25, 0.3) is 0 Å². The summed E-state index contributed by atoms with van der Waals surface area (Å²) in [6.45, 7) is 0. The lowest BCUT2D eigenvalue weighted by Crippen LogP contribution is -1.52. The van der Waals surface area contributed by atoms with Crippen LogP contribution < -0.4 is 0 Å². The van der Waals surface area contributed by atoms with E-state index in [2.05, 4.69) is 22.2 Å². The number of nitrogens with zero attached hydrogens (tertiary/aromatic N) is 3. The summed E-state index contributed by atoms with van der Waals surface area (Å²) in [7, 11) is 0. The molecule has 1 aromatic rings. The molecule has 0 bridgehead atoms. The van der Waals surface area contributed by atoms with E-state index in [0.29, 0.717) is 5.69 Å². The third-order valence-corrected chi connectivity index (χ3v) is 0.786. The van der Waals surface area contributed by atoms with Crippen LogP contribution in [-0.4, -0.2) is 0 Å². The van der Waals surface area contributed by atoms with Gasteiger partial charge in [0.15, 0.2) is 0 Å². The second kappa shape index (κ2) is 2.61. The Labute approximate surface area is 52.6 Å². The monoisotopic (exact) mass is 117 g/mol. The van der Waals surface area contributed by atoms with E-state index in [0.717, 1.165) is 0 Å². The number of hydrogen-bond donors (Lipinski definition) is 0. The molecule has 1 rings (SSSR count). The number of azide groups is 1. The van der Waals surface area contributed by atoms with E-state index >= 15 is 0 Å². The first-order valence-corrected chi connectivity index (χ1v) is 2.37. The largest absolute Gasteiger partial charge is 0.0880 e. The molecule has 0 radical (unpaired) electrons. The van der Waals surface area contributed by atoms with Gasteiger partial charge in [-0.15, -0.1) is 0 Å². The molecule has 9 heavy (non-hydrogen) atoms. The standard InChI is InChI=1S/C6H3N3/c7-9-8-6-4-2-1-3-5-6/h1-2,4H. The van der Waals surface area contributed by atoms with Gasteiger partial charge in [-0.2, -0.15) is 0 Å². The maximum Gasteiger partial charge on any atom is 0.0880 e. The van der Waals surface area contributed by atoms with Gasteiger partial charge in [0.2, 0.25) is 0 Å². The van der Waals surface area contributed by atoms with Crippen molar-refractivity contribution in [2.24, 2.45) is 5.11 Å². The van der Waals surface area contributed by atoms with E-state index in [1.807, 2.05) is 0 Å². The molecule has 0 N–H and O–H groups in total. The molecule has 42 valence electrons. The fraction of sp³-hybridized carbons (Fsp3) is 0. The summed E-state index contributed by atoms with van der Waals surface area (Å²) < 4.78 is 0. The third kappa shape index (κ3) is 1.37. The maximum absolute atomic E-state index is 7.94. The molecule has 0 saturated carbocycles. The van der Waals surface area contributed by atoms with Crippen LogP contribution in [0, 0.1) is 12.1 Å². The Morgan fingerprint density at radius 2 is 2.56 bits per heavy atom. The molecule has 1 aromatic carbocycles. The van der Waals surface area contributed by atoms with E-state index in [1.54, 1.807) is 18.2 Å². The minimum atomic E-state index is 0.472. The minimum absolute atomic E-state index is 0.472. The van der Waals surface area contributed by atoms with Gasteiger partial charge in [0.1, 0.15) is 0 Å². The van der Waals surface area contributed by atoms with Crippen molar-refractivity contribution in [3.05, 3.63) is 40.8 Å². The van der Waals surface area contributed by atoms with Crippen LogP contribution in [-0.2, 0) is 0 Å². The molecule has 0 aromatic heterocycles. The lowest BCUT2D eigenvalue weighted by molar-refractivity contribution is 1.49. The molecule has 0 aliphatic rings. The summed E-state index contributed by atoms with van der Waals surface area (Å²) in [5.41, 5.74) is 8.42. The Morgan fingerprint density at radius 1 is 1.67 bits per heavy atom. The van der Waals surface area contributed by atoms with Crippen molar-refractivity contribution in [1.82, 2.24) is 0 Å². The predicted molar refractivity (Wildman–Crippen MR) is 32.9 cm³/mol. The SMILES string of the molecule is [N-]=[N+]=Nc1c#cccc1. The summed E-state index contributed by atoms with van der Waals surface area (Å²) in [6, 6.07) is 10.4. The van der Waals surface area contributed by atoms with Gasteiger partial charge in [0.05, 0.1) is 5.69 Å². The van der Waals surface area contributed by atoms with Crippen molar-refractivity contribution in [2.45, 2.75) is 0 Å². The average molecular weight is 117 g/mol. The van der Waals surface area contributed by atoms with Gasteiger partial charge in [-0.05, 0) is 17.7 Å². The Kier molecular flexibility index (Phi) is 1.59. The van der Waals surface area contributed by atoms with Gasteiger partial charge in [-0.1, -0.05) is 23.3 Å². The smallest absolute Gasteiger partial charge is 0.0698 e. The summed E-state index contributed by atoms with van der Waals surface area (Å²) in [6.07, 6.45) is 0. The maximum atomic E-state index is 7.94. The van der Waals surface area contributed by atoms with Crippen molar-refractivity contribution in [3.8, 4) is 0 Å². The van der Waals surface area contributed by atoms with Crippen LogP contribution in [0.1, 0.15) is 0 Å². The highest BCUT2D eigenvalue weighted by Gasteiger charge is 1.77. The Bertz CT molecular complexity index is 223. The average Bonchev–Trinajstić information content (AvgIpc) is 1.91. The van der Waals surface area contributed by atoms with Gasteiger partial charge >= 0.3 is 0 Å². The fourth-order valence-electron chi connectivity index (χ4n) is 0.451. The molecule has 0 atom stereocenters. The number of rotatable bonds is 1. The molecule has 0 spiro atoms. The van der Waals surface area contributed by atoms with E-state index in [1.165, 1.54) is 0 Å². The zero-order valence-corrected chi connectivity index (χ0v) is 4.57. The van der Waals surface area contributed by atoms with Crippen molar-refractivity contribution in [1.29, 1.82) is 0 Å². The molecule has 0 amide bonds. The highest BCUT2D eigenvalue weighted by molar-refractivity contribution is 5.30. The zero-order valence-electron chi connectivity index (χ0n) is 4.57. The molecule has 3 nitrogen and oxygen atoms in total. The Balaban J connectivity index is 2.97. The second-order valence-corrected chi connectivity index (χ2v) is 1.37. The summed E-state index contributed by atoms with van der Waals surface area (Å²) in [4.78, 5) is 2.58. The van der Waals surface area contributed by atoms with Crippen molar-refractivity contribution >= 4 is 5.69 Å². The van der Waals surface area contributed by atoms with E-state index in [-0.39, 0.29) is 0 Å². The van der Waals surface area contributed by atoms with Crippen LogP contribution in [0.15, 0.2) is 23.3 Å². The molecular formula is C6H3N3. The molecule has 0 unspecified atom stereocenters. The van der Waals surface area contributed by atoms with Crippen molar-refractivity contribution in [3.63, 3.8) is 0 Å². The zero-order chi connectivity index (χ0) is 6.53. The van der Waals surface area contributed by atoms with Crippen LogP contribution in [0.25, 0.3) is 10.4 Å². The van der Waals surface area contributed by atoms with E-state index in [4.69, 9.17) is 5.53 Å². The molecule has 3 heteroatoms. The quantitative estimate of drug-likeness (QED) is 0.307. The highest BCUT2D eigenvalue weighted by Crippen LogP contribution is 2.03.